The van der Waals surface area contributed by atoms with Crippen LogP contribution >= 0.6 is 0 Å². The van der Waals surface area contributed by atoms with E-state index in [4.69, 9.17) is 0 Å². The number of carbonyl (C=O) groups excluding carboxylic acids is 2. The maximum atomic E-state index is 12.5. The summed E-state index contributed by atoms with van der Waals surface area (Å²) in [7, 11) is 0. The predicted molar refractivity (Wildman–Crippen MR) is 84.5 cm³/mol. The van der Waals surface area contributed by atoms with Gasteiger partial charge in [0.2, 0.25) is 5.91 Å². The minimum atomic E-state index is -0.558. The number of nitrogens with one attached hydrogen (secondary N) is 1. The maximum Gasteiger partial charge on any atom is 0.253 e. The van der Waals surface area contributed by atoms with Crippen LogP contribution in [-0.4, -0.2) is 47.6 Å². The molecule has 2 N–H and O–H groups in total. The first-order valence-electron chi connectivity index (χ1n) is 7.79. The fourth-order valence-electron chi connectivity index (χ4n) is 2.65. The molecule has 120 valence electrons. The van der Waals surface area contributed by atoms with Gasteiger partial charge in [0.15, 0.2) is 0 Å². The van der Waals surface area contributed by atoms with E-state index in [1.54, 1.807) is 11.8 Å². The van der Waals surface area contributed by atoms with Crippen molar-refractivity contribution in [2.45, 2.75) is 32.8 Å². The normalized spacial score (nSPS) is 19.6. The highest BCUT2D eigenvalue weighted by Gasteiger charge is 2.28. The fourth-order valence-corrected chi connectivity index (χ4v) is 2.65. The third-order valence-electron chi connectivity index (χ3n) is 3.95. The van der Waals surface area contributed by atoms with Crippen molar-refractivity contribution in [3.05, 3.63) is 35.4 Å². The molecule has 2 unspecified atom stereocenters. The predicted octanol–water partition coefficient (Wildman–Crippen LogP) is 1.34. The number of hydrogen-bond donors (Lipinski definition) is 2. The summed E-state index contributed by atoms with van der Waals surface area (Å²) >= 11 is 0. The number of nitrogens with zero attached hydrogens (tertiary/aromatic N) is 1. The van der Waals surface area contributed by atoms with Crippen molar-refractivity contribution in [2.24, 2.45) is 5.92 Å². The molecular formula is C17H24N2O3. The Morgan fingerprint density at radius 2 is 2.05 bits per heavy atom. The van der Waals surface area contributed by atoms with E-state index in [-0.39, 0.29) is 24.3 Å². The number of amides is 2. The topological polar surface area (TPSA) is 69.6 Å². The summed E-state index contributed by atoms with van der Waals surface area (Å²) in [6.07, 6.45) is 1.05. The van der Waals surface area contributed by atoms with Crippen LogP contribution in [0, 0.1) is 12.8 Å². The summed E-state index contributed by atoms with van der Waals surface area (Å²) in [5.41, 5.74) is 1.78. The molecule has 1 heterocycles. The van der Waals surface area contributed by atoms with Gasteiger partial charge in [0.25, 0.3) is 5.91 Å². The second-order valence-corrected chi connectivity index (χ2v) is 6.05. The van der Waals surface area contributed by atoms with Crippen molar-refractivity contribution in [1.82, 2.24) is 10.2 Å². The van der Waals surface area contributed by atoms with E-state index in [2.05, 4.69) is 5.32 Å². The summed E-state index contributed by atoms with van der Waals surface area (Å²) in [4.78, 5) is 26.3. The van der Waals surface area contributed by atoms with Gasteiger partial charge in [-0.1, -0.05) is 17.7 Å². The zero-order valence-electron chi connectivity index (χ0n) is 13.2. The number of hydrogen-bond acceptors (Lipinski definition) is 3. The van der Waals surface area contributed by atoms with Crippen molar-refractivity contribution in [2.75, 3.05) is 19.6 Å². The van der Waals surface area contributed by atoms with Crippen molar-refractivity contribution in [1.29, 1.82) is 0 Å². The van der Waals surface area contributed by atoms with Gasteiger partial charge in [0.1, 0.15) is 0 Å². The molecular weight excluding hydrogens is 280 g/mol. The van der Waals surface area contributed by atoms with Crippen LogP contribution in [0.4, 0.5) is 0 Å². The average Bonchev–Trinajstić information content (AvgIpc) is 2.52. The van der Waals surface area contributed by atoms with Gasteiger partial charge in [-0.25, -0.2) is 0 Å². The molecule has 1 aromatic rings. The zero-order chi connectivity index (χ0) is 16.1. The van der Waals surface area contributed by atoms with E-state index in [0.29, 0.717) is 18.7 Å². The van der Waals surface area contributed by atoms with Crippen molar-refractivity contribution in [3.63, 3.8) is 0 Å². The van der Waals surface area contributed by atoms with Crippen molar-refractivity contribution in [3.8, 4) is 0 Å². The molecule has 1 aliphatic rings. The summed E-state index contributed by atoms with van der Waals surface area (Å²) in [5.74, 6) is -0.294. The largest absolute Gasteiger partial charge is 0.392 e. The molecule has 0 spiro atoms. The lowest BCUT2D eigenvalue weighted by molar-refractivity contribution is -0.126. The van der Waals surface area contributed by atoms with E-state index in [1.165, 1.54) is 0 Å². The Morgan fingerprint density at radius 3 is 2.68 bits per heavy atom. The second kappa shape index (κ2) is 7.40. The van der Waals surface area contributed by atoms with E-state index in [1.807, 2.05) is 31.2 Å². The lowest BCUT2D eigenvalue weighted by Crippen LogP contribution is -2.46. The van der Waals surface area contributed by atoms with Gasteiger partial charge in [-0.05, 0) is 38.8 Å². The average molecular weight is 304 g/mol. The highest BCUT2D eigenvalue weighted by Crippen LogP contribution is 2.19. The summed E-state index contributed by atoms with van der Waals surface area (Å²) in [6.45, 7) is 5.00. The maximum absolute atomic E-state index is 12.5. The molecule has 2 amide bonds. The SMILES string of the molecule is Cc1ccc(C(=O)N2CCCC(C(=O)NCC(C)O)C2)cc1. The first-order chi connectivity index (χ1) is 10.5. The Balaban J connectivity index is 1.96. The molecule has 0 radical (unpaired) electrons. The summed E-state index contributed by atoms with van der Waals surface area (Å²) < 4.78 is 0. The quantitative estimate of drug-likeness (QED) is 0.882. The second-order valence-electron chi connectivity index (χ2n) is 6.05. The fraction of sp³-hybridized carbons (Fsp3) is 0.529. The number of benzene rings is 1. The molecule has 1 aliphatic heterocycles. The number of aliphatic hydroxyl groups is 1. The minimum absolute atomic E-state index is 0.0203. The van der Waals surface area contributed by atoms with Crippen LogP contribution in [0.2, 0.25) is 0 Å². The van der Waals surface area contributed by atoms with Crippen LogP contribution in [0.25, 0.3) is 0 Å². The van der Waals surface area contributed by atoms with E-state index in [9.17, 15) is 14.7 Å². The lowest BCUT2D eigenvalue weighted by Gasteiger charge is -2.32. The highest BCUT2D eigenvalue weighted by molar-refractivity contribution is 5.94. The van der Waals surface area contributed by atoms with Gasteiger partial charge in [0, 0.05) is 25.2 Å². The molecule has 22 heavy (non-hydrogen) atoms. The van der Waals surface area contributed by atoms with Crippen molar-refractivity contribution < 1.29 is 14.7 Å². The third-order valence-corrected chi connectivity index (χ3v) is 3.95. The molecule has 2 atom stereocenters. The first kappa shape index (κ1) is 16.5. The molecule has 0 bridgehead atoms. The molecule has 1 fully saturated rings. The van der Waals surface area contributed by atoms with Gasteiger partial charge >= 0.3 is 0 Å². The van der Waals surface area contributed by atoms with E-state index in [0.717, 1.165) is 18.4 Å². The molecule has 1 saturated heterocycles. The number of aryl methyl sites for hydroxylation is 1. The van der Waals surface area contributed by atoms with Gasteiger partial charge < -0.3 is 15.3 Å². The monoisotopic (exact) mass is 304 g/mol. The van der Waals surface area contributed by atoms with Crippen LogP contribution in [0.1, 0.15) is 35.7 Å². The van der Waals surface area contributed by atoms with Gasteiger partial charge in [-0.3, -0.25) is 9.59 Å². The number of rotatable bonds is 4. The molecule has 0 aliphatic carbocycles. The molecule has 5 nitrogen and oxygen atoms in total. The van der Waals surface area contributed by atoms with Gasteiger partial charge in [-0.15, -0.1) is 0 Å². The van der Waals surface area contributed by atoms with Crippen LogP contribution < -0.4 is 5.32 Å². The van der Waals surface area contributed by atoms with Gasteiger partial charge in [0.05, 0.1) is 12.0 Å². The molecule has 5 heteroatoms. The molecule has 0 saturated carbocycles. The Hall–Kier alpha value is -1.88. The molecule has 1 aromatic carbocycles. The standard InChI is InChI=1S/C17H24N2O3/c1-12-5-7-14(8-6-12)17(22)19-9-3-4-15(11-19)16(21)18-10-13(2)20/h5-8,13,15,20H,3-4,9-11H2,1-2H3,(H,18,21). The lowest BCUT2D eigenvalue weighted by atomic mass is 9.96. The van der Waals surface area contributed by atoms with Crippen LogP contribution in [0.3, 0.4) is 0 Å². The molecule has 2 rings (SSSR count). The van der Waals surface area contributed by atoms with Crippen molar-refractivity contribution >= 4 is 11.8 Å². The third kappa shape index (κ3) is 4.31. The summed E-state index contributed by atoms with van der Waals surface area (Å²) in [5, 5.41) is 12.0. The zero-order valence-corrected chi connectivity index (χ0v) is 13.2. The van der Waals surface area contributed by atoms with Crippen LogP contribution in [0.5, 0.6) is 0 Å². The number of carbonyl (C=O) groups is 2. The first-order valence-corrected chi connectivity index (χ1v) is 7.79. The Labute approximate surface area is 131 Å². The number of aliphatic hydroxyl groups excluding tert-OH is 1. The Kier molecular flexibility index (Phi) is 5.55. The van der Waals surface area contributed by atoms with Crippen LogP contribution in [-0.2, 0) is 4.79 Å². The summed E-state index contributed by atoms with van der Waals surface area (Å²) in [6, 6.07) is 7.50. The minimum Gasteiger partial charge on any atom is -0.392 e. The smallest absolute Gasteiger partial charge is 0.253 e. The number of likely N-dealkylation sites (tertiary alicyclic amines) is 1. The number of piperidine rings is 1. The Bertz CT molecular complexity index is 525. The highest BCUT2D eigenvalue weighted by atomic mass is 16.3. The molecule has 0 aromatic heterocycles. The van der Waals surface area contributed by atoms with E-state index < -0.39 is 6.10 Å². The van der Waals surface area contributed by atoms with Crippen LogP contribution in [0.15, 0.2) is 24.3 Å². The Morgan fingerprint density at radius 1 is 1.36 bits per heavy atom. The van der Waals surface area contributed by atoms with E-state index >= 15 is 0 Å². The van der Waals surface area contributed by atoms with Gasteiger partial charge in [-0.2, -0.15) is 0 Å².